The predicted octanol–water partition coefficient (Wildman–Crippen LogP) is 14.1. The van der Waals surface area contributed by atoms with Crippen LogP contribution in [0.3, 0.4) is 0 Å². The third-order valence-electron chi connectivity index (χ3n) is 9.16. The van der Waals surface area contributed by atoms with E-state index in [0.717, 1.165) is 12.1 Å². The SMILES string of the molecule is C=C.CC.CCC(C)c1cccc2c3cc(-c4c(C)cccc4C)ccc3n3c(-c4c(C)cc(C)cc4C)cnc3c12.CCCCC. The Morgan fingerprint density at radius 1 is 0.702 bits per heavy atom. The van der Waals surface area contributed by atoms with Gasteiger partial charge in [-0.2, -0.15) is 0 Å². The second-order valence-electron chi connectivity index (χ2n) is 12.5. The Morgan fingerprint density at radius 2 is 1.30 bits per heavy atom. The number of pyridine rings is 1. The van der Waals surface area contributed by atoms with Gasteiger partial charge in [0, 0.05) is 16.3 Å². The van der Waals surface area contributed by atoms with E-state index >= 15 is 0 Å². The number of rotatable bonds is 6. The van der Waals surface area contributed by atoms with Crippen LogP contribution in [0.5, 0.6) is 0 Å². The summed E-state index contributed by atoms with van der Waals surface area (Å²) in [5.74, 6) is 0.449. The van der Waals surface area contributed by atoms with Crippen molar-refractivity contribution in [2.75, 3.05) is 0 Å². The van der Waals surface area contributed by atoms with Gasteiger partial charge in [0.1, 0.15) is 5.65 Å². The van der Waals surface area contributed by atoms with Crippen LogP contribution in [-0.4, -0.2) is 9.38 Å². The number of aryl methyl sites for hydroxylation is 5. The van der Waals surface area contributed by atoms with Crippen LogP contribution in [0.4, 0.5) is 0 Å². The second kappa shape index (κ2) is 17.1. The lowest BCUT2D eigenvalue weighted by Crippen LogP contribution is -2.00. The van der Waals surface area contributed by atoms with Gasteiger partial charge in [0.25, 0.3) is 0 Å². The number of imidazole rings is 1. The smallest absolute Gasteiger partial charge is 0.145 e. The normalized spacial score (nSPS) is 11.3. The third kappa shape index (κ3) is 7.54. The molecule has 4 aromatic carbocycles. The number of unbranched alkanes of at least 4 members (excludes halogenated alkanes) is 2. The highest BCUT2D eigenvalue weighted by Crippen LogP contribution is 2.40. The molecule has 0 saturated carbocycles. The van der Waals surface area contributed by atoms with Gasteiger partial charge >= 0.3 is 0 Å². The molecule has 0 aliphatic heterocycles. The van der Waals surface area contributed by atoms with Crippen LogP contribution in [0.2, 0.25) is 0 Å². The minimum absolute atomic E-state index is 0.449. The number of benzene rings is 4. The summed E-state index contributed by atoms with van der Waals surface area (Å²) in [6, 6.07) is 25.0. The Kier molecular flexibility index (Phi) is 13.6. The predicted molar refractivity (Wildman–Crippen MR) is 211 cm³/mol. The molecule has 2 aromatic heterocycles. The monoisotopic (exact) mass is 626 g/mol. The molecule has 47 heavy (non-hydrogen) atoms. The molecular formula is C45H58N2. The zero-order valence-corrected chi connectivity index (χ0v) is 31.1. The first-order valence-corrected chi connectivity index (χ1v) is 17.7. The van der Waals surface area contributed by atoms with Gasteiger partial charge in [-0.3, -0.25) is 4.40 Å². The fourth-order valence-corrected chi connectivity index (χ4v) is 6.93. The van der Waals surface area contributed by atoms with Crippen molar-refractivity contribution in [1.82, 2.24) is 9.38 Å². The lowest BCUT2D eigenvalue weighted by Gasteiger charge is -2.19. The standard InChI is InChI=1S/C36H36N2.C5H12.C2H6.C2H4/c1-8-22(3)28-13-10-14-29-30-19-27(33-23(4)11-9-12-24(33)5)15-16-31(30)38-32(20-37-36(38)35(28)29)34-25(6)17-21(2)18-26(34)7;1-3-5-4-2;2*1-2/h9-20,22H,8H2,1-7H3;3-5H2,1-2H3;1-2H3;1-2H2. The highest BCUT2D eigenvalue weighted by Gasteiger charge is 2.21. The second-order valence-corrected chi connectivity index (χ2v) is 12.5. The van der Waals surface area contributed by atoms with Crippen molar-refractivity contribution in [3.8, 4) is 22.4 Å². The first kappa shape index (κ1) is 37.3. The summed E-state index contributed by atoms with van der Waals surface area (Å²) in [4.78, 5) is 5.13. The van der Waals surface area contributed by atoms with Crippen molar-refractivity contribution in [3.63, 3.8) is 0 Å². The lowest BCUT2D eigenvalue weighted by molar-refractivity contribution is 0.740. The van der Waals surface area contributed by atoms with Gasteiger partial charge in [-0.05, 0) is 103 Å². The zero-order valence-electron chi connectivity index (χ0n) is 31.1. The molecule has 6 rings (SSSR count). The van der Waals surface area contributed by atoms with Gasteiger partial charge in [-0.1, -0.05) is 121 Å². The van der Waals surface area contributed by atoms with Crippen LogP contribution < -0.4 is 0 Å². The van der Waals surface area contributed by atoms with E-state index in [0.29, 0.717) is 5.92 Å². The fourth-order valence-electron chi connectivity index (χ4n) is 6.93. The average Bonchev–Trinajstić information content (AvgIpc) is 3.51. The first-order chi connectivity index (χ1) is 22.7. The molecule has 0 radical (unpaired) electrons. The molecule has 0 bridgehead atoms. The molecule has 2 heterocycles. The number of fused-ring (bicyclic) bond motifs is 6. The van der Waals surface area contributed by atoms with Crippen LogP contribution in [0.15, 0.2) is 86.1 Å². The summed E-state index contributed by atoms with van der Waals surface area (Å²) in [5, 5.41) is 3.84. The van der Waals surface area contributed by atoms with E-state index < -0.39 is 0 Å². The highest BCUT2D eigenvalue weighted by atomic mass is 15.0. The van der Waals surface area contributed by atoms with Gasteiger partial charge in [0.15, 0.2) is 0 Å². The maximum absolute atomic E-state index is 5.13. The number of hydrogen-bond acceptors (Lipinski definition) is 1. The molecule has 0 N–H and O–H groups in total. The fraction of sp³-hybridized carbons (Fsp3) is 0.356. The molecule has 0 aliphatic carbocycles. The van der Waals surface area contributed by atoms with Crippen molar-refractivity contribution < 1.29 is 0 Å². The van der Waals surface area contributed by atoms with Gasteiger partial charge < -0.3 is 0 Å². The summed E-state index contributed by atoms with van der Waals surface area (Å²) in [7, 11) is 0. The van der Waals surface area contributed by atoms with Crippen molar-refractivity contribution in [1.29, 1.82) is 0 Å². The molecule has 0 amide bonds. The van der Waals surface area contributed by atoms with Crippen LogP contribution in [0.25, 0.3) is 49.7 Å². The maximum atomic E-state index is 5.13. The molecule has 6 aromatic rings. The van der Waals surface area contributed by atoms with E-state index in [1.54, 1.807) is 0 Å². The highest BCUT2D eigenvalue weighted by molar-refractivity contribution is 6.14. The largest absolute Gasteiger partial charge is 0.292 e. The quantitative estimate of drug-likeness (QED) is 0.133. The topological polar surface area (TPSA) is 17.3 Å². The van der Waals surface area contributed by atoms with Crippen LogP contribution in [0, 0.1) is 34.6 Å². The number of hydrogen-bond donors (Lipinski definition) is 0. The molecule has 0 spiro atoms. The summed E-state index contributed by atoms with van der Waals surface area (Å²) in [5.41, 5.74) is 15.2. The van der Waals surface area contributed by atoms with Crippen molar-refractivity contribution in [2.24, 2.45) is 0 Å². The molecule has 0 aliphatic rings. The number of nitrogens with zero attached hydrogens (tertiary/aromatic N) is 2. The Labute approximate surface area is 285 Å². The lowest BCUT2D eigenvalue weighted by atomic mass is 9.90. The molecule has 2 nitrogen and oxygen atoms in total. The van der Waals surface area contributed by atoms with Crippen LogP contribution in [-0.2, 0) is 0 Å². The van der Waals surface area contributed by atoms with E-state index in [1.165, 1.54) is 96.7 Å². The Bertz CT molecular complexity index is 1890. The van der Waals surface area contributed by atoms with Crippen molar-refractivity contribution in [3.05, 3.63) is 119 Å². The van der Waals surface area contributed by atoms with Crippen LogP contribution >= 0.6 is 0 Å². The summed E-state index contributed by atoms with van der Waals surface area (Å²) < 4.78 is 2.42. The molecule has 2 heteroatoms. The summed E-state index contributed by atoms with van der Waals surface area (Å²) in [6.45, 7) is 30.1. The minimum atomic E-state index is 0.449. The Morgan fingerprint density at radius 3 is 1.85 bits per heavy atom. The zero-order chi connectivity index (χ0) is 34.8. The van der Waals surface area contributed by atoms with E-state index in [1.807, 2.05) is 13.8 Å². The number of aromatic nitrogens is 2. The Balaban J connectivity index is 0.000000602. The van der Waals surface area contributed by atoms with Crippen LogP contribution in [0.1, 0.15) is 107 Å². The van der Waals surface area contributed by atoms with E-state index in [2.05, 4.69) is 153 Å². The van der Waals surface area contributed by atoms with Crippen molar-refractivity contribution in [2.45, 2.75) is 108 Å². The molecule has 0 saturated heterocycles. The summed E-state index contributed by atoms with van der Waals surface area (Å²) in [6.07, 6.45) is 7.26. The molecule has 1 atom stereocenters. The molecule has 248 valence electrons. The van der Waals surface area contributed by atoms with Gasteiger partial charge in [0.05, 0.1) is 17.4 Å². The third-order valence-corrected chi connectivity index (χ3v) is 9.16. The maximum Gasteiger partial charge on any atom is 0.145 e. The van der Waals surface area contributed by atoms with Gasteiger partial charge in [-0.25, -0.2) is 4.98 Å². The molecule has 1 unspecified atom stereocenters. The van der Waals surface area contributed by atoms with E-state index in [9.17, 15) is 0 Å². The summed E-state index contributed by atoms with van der Waals surface area (Å²) >= 11 is 0. The Hall–Kier alpha value is -4.17. The van der Waals surface area contributed by atoms with Gasteiger partial charge in [0.2, 0.25) is 0 Å². The average molecular weight is 627 g/mol. The van der Waals surface area contributed by atoms with E-state index in [-0.39, 0.29) is 0 Å². The van der Waals surface area contributed by atoms with Crippen molar-refractivity contribution >= 4 is 27.3 Å². The molecular weight excluding hydrogens is 569 g/mol. The first-order valence-electron chi connectivity index (χ1n) is 17.7. The van der Waals surface area contributed by atoms with Gasteiger partial charge in [-0.15, -0.1) is 13.2 Å². The molecule has 0 fully saturated rings. The minimum Gasteiger partial charge on any atom is -0.292 e. The van der Waals surface area contributed by atoms with E-state index in [4.69, 9.17) is 4.98 Å².